The Hall–Kier alpha value is -2.38. The molecule has 0 saturated heterocycles. The van der Waals surface area contributed by atoms with Crippen molar-refractivity contribution in [2.24, 2.45) is 11.0 Å². The molecule has 1 atom stereocenters. The van der Waals surface area contributed by atoms with Crippen LogP contribution in [-0.4, -0.2) is 30.7 Å². The van der Waals surface area contributed by atoms with Crippen molar-refractivity contribution in [1.29, 1.82) is 0 Å². The molecule has 0 saturated carbocycles. The first-order chi connectivity index (χ1) is 15.3. The minimum Gasteiger partial charge on any atom is -0.492 e. The van der Waals surface area contributed by atoms with E-state index in [-0.39, 0.29) is 17.7 Å². The van der Waals surface area contributed by atoms with Crippen molar-refractivity contribution >= 4 is 45.6 Å². The molecule has 2 rings (SSSR count). The molecule has 0 fully saturated rings. The molecule has 0 heterocycles. The third kappa shape index (κ3) is 8.63. The average molecular weight is 523 g/mol. The second kappa shape index (κ2) is 13.2. The average Bonchev–Trinajstić information content (AvgIpc) is 2.75. The molecule has 0 aliphatic heterocycles. The SMILES string of the molecule is CCCCOc1ccc(/C=N/NC(=O)C(CC(C)C)NC(=O)c2ccc(Cl)cc2)cc1Br. The van der Waals surface area contributed by atoms with E-state index in [1.54, 1.807) is 30.5 Å². The fraction of sp³-hybridized carbons (Fsp3) is 0.375. The van der Waals surface area contributed by atoms with Gasteiger partial charge in [-0.1, -0.05) is 38.8 Å². The second-order valence-electron chi connectivity index (χ2n) is 7.79. The van der Waals surface area contributed by atoms with Crippen LogP contribution in [0, 0.1) is 5.92 Å². The highest BCUT2D eigenvalue weighted by atomic mass is 79.9. The first-order valence-corrected chi connectivity index (χ1v) is 11.8. The van der Waals surface area contributed by atoms with Crippen molar-refractivity contribution in [2.75, 3.05) is 6.61 Å². The van der Waals surface area contributed by atoms with Gasteiger partial charge in [0, 0.05) is 10.6 Å². The Labute approximate surface area is 202 Å². The minimum absolute atomic E-state index is 0.205. The summed E-state index contributed by atoms with van der Waals surface area (Å²) >= 11 is 9.37. The smallest absolute Gasteiger partial charge is 0.262 e. The normalized spacial score (nSPS) is 12.1. The summed E-state index contributed by atoms with van der Waals surface area (Å²) in [6, 6.07) is 11.4. The monoisotopic (exact) mass is 521 g/mol. The van der Waals surface area contributed by atoms with Crippen LogP contribution in [0.15, 0.2) is 52.0 Å². The molecule has 2 N–H and O–H groups in total. The summed E-state index contributed by atoms with van der Waals surface area (Å²) in [5.41, 5.74) is 3.76. The van der Waals surface area contributed by atoms with Crippen LogP contribution in [0.5, 0.6) is 5.75 Å². The number of hydrazone groups is 1. The maximum Gasteiger partial charge on any atom is 0.262 e. The van der Waals surface area contributed by atoms with Crippen LogP contribution in [0.1, 0.15) is 56.0 Å². The summed E-state index contributed by atoms with van der Waals surface area (Å²) in [4.78, 5) is 25.2. The summed E-state index contributed by atoms with van der Waals surface area (Å²) in [7, 11) is 0. The Bertz CT molecular complexity index is 933. The van der Waals surface area contributed by atoms with Crippen LogP contribution in [0.2, 0.25) is 5.02 Å². The zero-order valence-electron chi connectivity index (χ0n) is 18.5. The van der Waals surface area contributed by atoms with Crippen LogP contribution in [0.25, 0.3) is 0 Å². The summed E-state index contributed by atoms with van der Waals surface area (Å²) < 4.78 is 6.53. The number of rotatable bonds is 11. The van der Waals surface area contributed by atoms with Crippen molar-refractivity contribution in [3.05, 3.63) is 63.1 Å². The molecular formula is C24H29BrClN3O3. The lowest BCUT2D eigenvalue weighted by Crippen LogP contribution is -2.46. The van der Waals surface area contributed by atoms with Gasteiger partial charge in [-0.05, 0) is 82.7 Å². The summed E-state index contributed by atoms with van der Waals surface area (Å²) in [6.07, 6.45) is 4.09. The Morgan fingerprint density at radius 1 is 1.19 bits per heavy atom. The van der Waals surface area contributed by atoms with Crippen molar-refractivity contribution in [2.45, 2.75) is 46.1 Å². The van der Waals surface area contributed by atoms with Gasteiger partial charge in [0.15, 0.2) is 0 Å². The van der Waals surface area contributed by atoms with Crippen molar-refractivity contribution in [3.63, 3.8) is 0 Å². The third-order valence-electron chi connectivity index (χ3n) is 4.54. The van der Waals surface area contributed by atoms with Gasteiger partial charge in [0.25, 0.3) is 11.8 Å². The molecule has 0 aliphatic carbocycles. The molecule has 2 aromatic carbocycles. The summed E-state index contributed by atoms with van der Waals surface area (Å²) in [6.45, 7) is 6.75. The highest BCUT2D eigenvalue weighted by molar-refractivity contribution is 9.10. The molecule has 0 radical (unpaired) electrons. The van der Waals surface area contributed by atoms with Crippen LogP contribution >= 0.6 is 27.5 Å². The van der Waals surface area contributed by atoms with E-state index in [1.165, 1.54) is 0 Å². The van der Waals surface area contributed by atoms with Crippen LogP contribution in [-0.2, 0) is 4.79 Å². The quantitative estimate of drug-likeness (QED) is 0.230. The van der Waals surface area contributed by atoms with Crippen molar-refractivity contribution < 1.29 is 14.3 Å². The summed E-state index contributed by atoms with van der Waals surface area (Å²) in [5, 5.41) is 7.38. The number of hydrogen-bond donors (Lipinski definition) is 2. The van der Waals surface area contributed by atoms with E-state index >= 15 is 0 Å². The lowest BCUT2D eigenvalue weighted by Gasteiger charge is -2.19. The molecule has 0 aromatic heterocycles. The van der Waals surface area contributed by atoms with Gasteiger partial charge in [-0.25, -0.2) is 5.43 Å². The molecule has 0 spiro atoms. The Balaban J connectivity index is 1.98. The number of halogens is 2. The van der Waals surface area contributed by atoms with Gasteiger partial charge < -0.3 is 10.1 Å². The van der Waals surface area contributed by atoms with Gasteiger partial charge in [-0.3, -0.25) is 9.59 Å². The second-order valence-corrected chi connectivity index (χ2v) is 9.08. The minimum atomic E-state index is -0.712. The van der Waals surface area contributed by atoms with Gasteiger partial charge in [-0.15, -0.1) is 0 Å². The van der Waals surface area contributed by atoms with Gasteiger partial charge in [-0.2, -0.15) is 5.10 Å². The van der Waals surface area contributed by atoms with Gasteiger partial charge >= 0.3 is 0 Å². The fourth-order valence-electron chi connectivity index (χ4n) is 2.84. The topological polar surface area (TPSA) is 79.8 Å². The largest absolute Gasteiger partial charge is 0.492 e. The molecule has 1 unspecified atom stereocenters. The van der Waals surface area contributed by atoms with Crippen LogP contribution in [0.3, 0.4) is 0 Å². The zero-order chi connectivity index (χ0) is 23.5. The van der Waals surface area contributed by atoms with E-state index in [1.807, 2.05) is 32.0 Å². The first kappa shape index (κ1) is 25.9. The number of carbonyl (C=O) groups excluding carboxylic acids is 2. The van der Waals surface area contributed by atoms with Gasteiger partial charge in [0.2, 0.25) is 0 Å². The molecular weight excluding hydrogens is 494 g/mol. The number of nitrogens with one attached hydrogen (secondary N) is 2. The van der Waals surface area contributed by atoms with Gasteiger partial charge in [0.1, 0.15) is 11.8 Å². The number of hydrogen-bond acceptors (Lipinski definition) is 4. The summed E-state index contributed by atoms with van der Waals surface area (Å²) in [5.74, 6) is 0.253. The van der Waals surface area contributed by atoms with Crippen molar-refractivity contribution in [3.8, 4) is 5.75 Å². The van der Waals surface area contributed by atoms with Crippen LogP contribution < -0.4 is 15.5 Å². The fourth-order valence-corrected chi connectivity index (χ4v) is 3.47. The van der Waals surface area contributed by atoms with Crippen LogP contribution in [0.4, 0.5) is 0 Å². The molecule has 2 aromatic rings. The standard InChI is InChI=1S/C24H29BrClN3O3/c1-4-5-12-32-22-11-6-17(14-20(22)25)15-27-29-24(31)21(13-16(2)3)28-23(30)18-7-9-19(26)10-8-18/h6-11,14-16,21H,4-5,12-13H2,1-3H3,(H,28,30)(H,29,31)/b27-15+. The number of unbranched alkanes of at least 4 members (excludes halogenated alkanes) is 1. The number of nitrogens with zero attached hydrogens (tertiary/aromatic N) is 1. The number of ether oxygens (including phenoxy) is 1. The van der Waals surface area contributed by atoms with E-state index in [2.05, 4.69) is 38.7 Å². The molecule has 6 nitrogen and oxygen atoms in total. The highest BCUT2D eigenvalue weighted by Crippen LogP contribution is 2.25. The molecule has 32 heavy (non-hydrogen) atoms. The Morgan fingerprint density at radius 2 is 1.91 bits per heavy atom. The Morgan fingerprint density at radius 3 is 2.53 bits per heavy atom. The van der Waals surface area contributed by atoms with E-state index in [4.69, 9.17) is 16.3 Å². The van der Waals surface area contributed by atoms with Gasteiger partial charge in [0.05, 0.1) is 17.3 Å². The maximum atomic E-state index is 12.7. The third-order valence-corrected chi connectivity index (χ3v) is 5.41. The molecule has 172 valence electrons. The number of carbonyl (C=O) groups is 2. The lowest BCUT2D eigenvalue weighted by atomic mass is 10.0. The predicted molar refractivity (Wildman–Crippen MR) is 132 cm³/mol. The molecule has 2 amide bonds. The number of amides is 2. The van der Waals surface area contributed by atoms with E-state index in [0.717, 1.165) is 28.6 Å². The molecule has 0 bridgehead atoms. The highest BCUT2D eigenvalue weighted by Gasteiger charge is 2.22. The maximum absolute atomic E-state index is 12.7. The Kier molecular flexibility index (Phi) is 10.7. The molecule has 0 aliphatic rings. The van der Waals surface area contributed by atoms with E-state index in [9.17, 15) is 9.59 Å². The van der Waals surface area contributed by atoms with E-state index in [0.29, 0.717) is 23.6 Å². The zero-order valence-corrected chi connectivity index (χ0v) is 20.9. The van der Waals surface area contributed by atoms with Crippen molar-refractivity contribution in [1.82, 2.24) is 10.7 Å². The number of benzene rings is 2. The lowest BCUT2D eigenvalue weighted by molar-refractivity contribution is -0.123. The predicted octanol–water partition coefficient (Wildman–Crippen LogP) is 5.58. The first-order valence-electron chi connectivity index (χ1n) is 10.6. The molecule has 8 heteroatoms. The van der Waals surface area contributed by atoms with E-state index < -0.39 is 6.04 Å².